The molecule has 28 heavy (non-hydrogen) atoms. The lowest BCUT2D eigenvalue weighted by Gasteiger charge is -2.21. The van der Waals surface area contributed by atoms with E-state index in [1.807, 2.05) is 0 Å². The van der Waals surface area contributed by atoms with E-state index in [-0.39, 0.29) is 39.3 Å². The second-order valence-corrected chi connectivity index (χ2v) is 6.41. The van der Waals surface area contributed by atoms with E-state index in [0.29, 0.717) is 5.39 Å². The standard InChI is InChI=1S/C21H14O7/c1-9-4-5-11-12(8-9)21(25)28-20-15(11)18(23)16-13(26-3)6-7-14(27-10(2)22)17(16)19(20)24/h4-8H,1-3H3. The summed E-state index contributed by atoms with van der Waals surface area (Å²) in [4.78, 5) is 50.3. The van der Waals surface area contributed by atoms with E-state index in [1.54, 1.807) is 25.1 Å². The van der Waals surface area contributed by atoms with Gasteiger partial charge in [-0.15, -0.1) is 0 Å². The van der Waals surface area contributed by atoms with Gasteiger partial charge in [-0.25, -0.2) is 4.79 Å². The van der Waals surface area contributed by atoms with Gasteiger partial charge in [-0.05, 0) is 25.1 Å². The lowest BCUT2D eigenvalue weighted by atomic mass is 9.84. The molecule has 0 radical (unpaired) electrons. The maximum Gasteiger partial charge on any atom is 0.344 e. The average Bonchev–Trinajstić information content (AvgIpc) is 2.65. The molecule has 1 heterocycles. The fourth-order valence-corrected chi connectivity index (χ4v) is 3.42. The second kappa shape index (κ2) is 6.16. The fraction of sp³-hybridized carbons (Fsp3) is 0.143. The van der Waals surface area contributed by atoms with Crippen molar-refractivity contribution in [3.05, 3.63) is 68.8 Å². The molecular formula is C21H14O7. The van der Waals surface area contributed by atoms with Gasteiger partial charge in [-0.2, -0.15) is 0 Å². The van der Waals surface area contributed by atoms with Crippen LogP contribution in [-0.4, -0.2) is 24.6 Å². The average molecular weight is 378 g/mol. The van der Waals surface area contributed by atoms with Crippen LogP contribution >= 0.6 is 0 Å². The Hall–Kier alpha value is -3.74. The summed E-state index contributed by atoms with van der Waals surface area (Å²) in [5, 5.41) is 0.527. The van der Waals surface area contributed by atoms with Crippen LogP contribution in [-0.2, 0) is 4.79 Å². The number of ketones is 2. The van der Waals surface area contributed by atoms with Gasteiger partial charge < -0.3 is 13.9 Å². The minimum absolute atomic E-state index is 0.00891. The van der Waals surface area contributed by atoms with Crippen LogP contribution in [0.4, 0.5) is 0 Å². The Morgan fingerprint density at radius 1 is 0.893 bits per heavy atom. The number of aryl methyl sites for hydroxylation is 1. The maximum absolute atomic E-state index is 13.3. The molecular weight excluding hydrogens is 364 g/mol. The van der Waals surface area contributed by atoms with E-state index in [4.69, 9.17) is 13.9 Å². The third kappa shape index (κ3) is 2.44. The van der Waals surface area contributed by atoms with Crippen LogP contribution in [0.25, 0.3) is 10.8 Å². The van der Waals surface area contributed by atoms with Gasteiger partial charge in [0.25, 0.3) is 0 Å². The first-order chi connectivity index (χ1) is 13.3. The molecule has 0 unspecified atom stereocenters. The van der Waals surface area contributed by atoms with Gasteiger partial charge in [0.1, 0.15) is 11.5 Å². The molecule has 0 N–H and O–H groups in total. The van der Waals surface area contributed by atoms with Crippen LogP contribution in [0.1, 0.15) is 44.5 Å². The molecule has 0 aliphatic heterocycles. The van der Waals surface area contributed by atoms with Crippen molar-refractivity contribution in [2.45, 2.75) is 13.8 Å². The molecule has 2 aromatic carbocycles. The molecule has 7 nitrogen and oxygen atoms in total. The van der Waals surface area contributed by atoms with Gasteiger partial charge >= 0.3 is 11.6 Å². The van der Waals surface area contributed by atoms with Crippen molar-refractivity contribution in [3.8, 4) is 11.5 Å². The Labute approximate surface area is 158 Å². The van der Waals surface area contributed by atoms with Crippen molar-refractivity contribution in [2.75, 3.05) is 7.11 Å². The Kier molecular flexibility index (Phi) is 3.88. The lowest BCUT2D eigenvalue weighted by Crippen LogP contribution is -2.25. The third-order valence-electron chi connectivity index (χ3n) is 4.58. The van der Waals surface area contributed by atoms with Gasteiger partial charge in [-0.1, -0.05) is 17.7 Å². The van der Waals surface area contributed by atoms with Crippen LogP contribution in [0.3, 0.4) is 0 Å². The number of esters is 1. The molecule has 0 saturated heterocycles. The summed E-state index contributed by atoms with van der Waals surface area (Å²) >= 11 is 0. The van der Waals surface area contributed by atoms with Crippen molar-refractivity contribution in [1.82, 2.24) is 0 Å². The van der Waals surface area contributed by atoms with Gasteiger partial charge in [0.05, 0.1) is 29.2 Å². The lowest BCUT2D eigenvalue weighted by molar-refractivity contribution is -0.131. The highest BCUT2D eigenvalue weighted by atomic mass is 16.5. The highest BCUT2D eigenvalue weighted by Gasteiger charge is 2.39. The highest BCUT2D eigenvalue weighted by Crippen LogP contribution is 2.40. The largest absolute Gasteiger partial charge is 0.496 e. The topological polar surface area (TPSA) is 99.9 Å². The van der Waals surface area contributed by atoms with E-state index in [2.05, 4.69) is 0 Å². The zero-order valence-corrected chi connectivity index (χ0v) is 15.2. The van der Waals surface area contributed by atoms with Crippen molar-refractivity contribution in [1.29, 1.82) is 0 Å². The van der Waals surface area contributed by atoms with Gasteiger partial charge in [-0.3, -0.25) is 14.4 Å². The molecule has 7 heteroatoms. The summed E-state index contributed by atoms with van der Waals surface area (Å²) in [6, 6.07) is 7.75. The van der Waals surface area contributed by atoms with Crippen LogP contribution in [0, 0.1) is 6.92 Å². The van der Waals surface area contributed by atoms with Crippen molar-refractivity contribution in [3.63, 3.8) is 0 Å². The Morgan fingerprint density at radius 2 is 1.57 bits per heavy atom. The number of hydrogen-bond acceptors (Lipinski definition) is 7. The first-order valence-corrected chi connectivity index (χ1v) is 8.39. The molecule has 1 aliphatic rings. The SMILES string of the molecule is COc1ccc(OC(C)=O)c2c1C(=O)c1c(oc(=O)c3cc(C)ccc13)C2=O. The molecule has 140 valence electrons. The number of carbonyl (C=O) groups is 3. The number of benzene rings is 2. The first kappa shape index (κ1) is 17.7. The smallest absolute Gasteiger partial charge is 0.344 e. The first-order valence-electron chi connectivity index (χ1n) is 8.39. The molecule has 0 fully saturated rings. The summed E-state index contributed by atoms with van der Waals surface area (Å²) < 4.78 is 15.6. The Balaban J connectivity index is 2.11. The molecule has 0 amide bonds. The molecule has 1 aliphatic carbocycles. The minimum Gasteiger partial charge on any atom is -0.496 e. The predicted octanol–water partition coefficient (Wildman–Crippen LogP) is 2.81. The number of ether oxygens (including phenoxy) is 2. The molecule has 0 saturated carbocycles. The number of carbonyl (C=O) groups excluding carboxylic acids is 3. The van der Waals surface area contributed by atoms with E-state index in [9.17, 15) is 19.2 Å². The van der Waals surface area contributed by atoms with E-state index >= 15 is 0 Å². The Bertz CT molecular complexity index is 1260. The zero-order chi connectivity index (χ0) is 20.2. The summed E-state index contributed by atoms with van der Waals surface area (Å²) in [6.07, 6.45) is 0. The summed E-state index contributed by atoms with van der Waals surface area (Å²) in [5.41, 5.74) is -0.120. The molecule has 0 bridgehead atoms. The van der Waals surface area contributed by atoms with Crippen LogP contribution in [0.15, 0.2) is 39.5 Å². The zero-order valence-electron chi connectivity index (χ0n) is 15.2. The maximum atomic E-state index is 13.3. The number of fused-ring (bicyclic) bond motifs is 4. The quantitative estimate of drug-likeness (QED) is 0.390. The summed E-state index contributed by atoms with van der Waals surface area (Å²) in [5.74, 6) is -2.25. The van der Waals surface area contributed by atoms with Crippen LogP contribution in [0.2, 0.25) is 0 Å². The van der Waals surface area contributed by atoms with Gasteiger partial charge in [0.2, 0.25) is 11.6 Å². The minimum atomic E-state index is -0.723. The Morgan fingerprint density at radius 3 is 2.25 bits per heavy atom. The molecule has 4 rings (SSSR count). The second-order valence-electron chi connectivity index (χ2n) is 6.41. The van der Waals surface area contributed by atoms with Gasteiger partial charge in [0, 0.05) is 12.3 Å². The van der Waals surface area contributed by atoms with Crippen molar-refractivity contribution < 1.29 is 28.3 Å². The normalized spacial score (nSPS) is 12.5. The number of rotatable bonds is 2. The van der Waals surface area contributed by atoms with E-state index < -0.39 is 23.2 Å². The summed E-state index contributed by atoms with van der Waals surface area (Å²) in [7, 11) is 1.36. The fourth-order valence-electron chi connectivity index (χ4n) is 3.42. The van der Waals surface area contributed by atoms with Crippen LogP contribution in [0.5, 0.6) is 11.5 Å². The monoisotopic (exact) mass is 378 g/mol. The van der Waals surface area contributed by atoms with E-state index in [0.717, 1.165) is 5.56 Å². The van der Waals surface area contributed by atoms with Crippen LogP contribution < -0.4 is 15.1 Å². The molecule has 1 aromatic heterocycles. The van der Waals surface area contributed by atoms with Crippen molar-refractivity contribution in [2.24, 2.45) is 0 Å². The summed E-state index contributed by atoms with van der Waals surface area (Å²) in [6.45, 7) is 2.98. The molecule has 0 spiro atoms. The van der Waals surface area contributed by atoms with Gasteiger partial charge in [0.15, 0.2) is 5.76 Å². The highest BCUT2D eigenvalue weighted by molar-refractivity contribution is 6.32. The third-order valence-corrected chi connectivity index (χ3v) is 4.58. The predicted molar refractivity (Wildman–Crippen MR) is 98.4 cm³/mol. The number of hydrogen-bond donors (Lipinski definition) is 0. The molecule has 3 aromatic rings. The van der Waals surface area contributed by atoms with E-state index in [1.165, 1.54) is 26.2 Å². The molecule has 0 atom stereocenters. The number of methoxy groups -OCH3 is 1. The van der Waals surface area contributed by atoms with Crippen molar-refractivity contribution >= 4 is 28.3 Å².